The minimum Gasteiger partial charge on any atom is -0.310 e. The summed E-state index contributed by atoms with van der Waals surface area (Å²) in [6.45, 7) is 0.641. The maximum absolute atomic E-state index is 13.3. The Balaban J connectivity index is 1.65. The monoisotopic (exact) mass is 353 g/mol. The zero-order chi connectivity index (χ0) is 17.2. The second kappa shape index (κ2) is 6.64. The molecule has 1 amide bonds. The topological polar surface area (TPSA) is 63.9 Å². The molecule has 2 heterocycles. The van der Waals surface area contributed by atoms with E-state index in [0.717, 1.165) is 23.2 Å². The Bertz CT molecular complexity index is 882. The summed E-state index contributed by atoms with van der Waals surface area (Å²) in [5.41, 5.74) is 3.07. The summed E-state index contributed by atoms with van der Waals surface area (Å²) in [6.07, 6.45) is 2.82. The van der Waals surface area contributed by atoms with Crippen molar-refractivity contribution in [2.75, 3.05) is 11.4 Å². The highest BCUT2D eigenvalue weighted by atomic mass is 35.5. The van der Waals surface area contributed by atoms with Gasteiger partial charge in [0, 0.05) is 23.7 Å². The van der Waals surface area contributed by atoms with Gasteiger partial charge in [-0.1, -0.05) is 41.9 Å². The molecule has 0 unspecified atom stereocenters. The van der Waals surface area contributed by atoms with Crippen molar-refractivity contribution in [1.82, 2.24) is 20.2 Å². The number of carbonyl (C=O) groups is 1. The van der Waals surface area contributed by atoms with Crippen LogP contribution in [-0.4, -0.2) is 32.7 Å². The summed E-state index contributed by atoms with van der Waals surface area (Å²) in [5, 5.41) is 12.0. The third kappa shape index (κ3) is 3.13. The maximum atomic E-state index is 13.3. The first-order valence-corrected chi connectivity index (χ1v) is 8.46. The minimum atomic E-state index is -0.487. The van der Waals surface area contributed by atoms with E-state index in [4.69, 9.17) is 11.6 Å². The molecule has 0 N–H and O–H groups in total. The summed E-state index contributed by atoms with van der Waals surface area (Å²) < 4.78 is 1.53. The molecule has 1 aromatic heterocycles. The predicted molar refractivity (Wildman–Crippen MR) is 94.5 cm³/mol. The number of carbonyl (C=O) groups excluding carboxylic acids is 1. The smallest absolute Gasteiger partial charge is 0.252 e. The highest BCUT2D eigenvalue weighted by molar-refractivity contribution is 6.30. The van der Waals surface area contributed by atoms with Gasteiger partial charge in [0.1, 0.15) is 12.4 Å². The molecule has 1 aliphatic heterocycles. The van der Waals surface area contributed by atoms with Crippen molar-refractivity contribution in [2.24, 2.45) is 0 Å². The quantitative estimate of drug-likeness (QED) is 0.723. The number of halogens is 1. The SMILES string of the molecule is O=C([C@@H](Cc1ccccc1)n1cnnn1)N1CCc2cc(Cl)ccc21. The van der Waals surface area contributed by atoms with Crippen molar-refractivity contribution < 1.29 is 4.79 Å². The van der Waals surface area contributed by atoms with Gasteiger partial charge in [-0.2, -0.15) is 0 Å². The summed E-state index contributed by atoms with van der Waals surface area (Å²) in [5.74, 6) is -0.0165. The van der Waals surface area contributed by atoms with Crippen LogP contribution in [0.3, 0.4) is 0 Å². The van der Waals surface area contributed by atoms with Crippen LogP contribution in [0.5, 0.6) is 0 Å². The Labute approximate surface area is 150 Å². The number of benzene rings is 2. The molecular weight excluding hydrogens is 338 g/mol. The molecule has 25 heavy (non-hydrogen) atoms. The fraction of sp³-hybridized carbons (Fsp3) is 0.222. The van der Waals surface area contributed by atoms with E-state index in [2.05, 4.69) is 15.5 Å². The highest BCUT2D eigenvalue weighted by Crippen LogP contribution is 2.32. The first kappa shape index (κ1) is 15.8. The van der Waals surface area contributed by atoms with Gasteiger partial charge in [0.25, 0.3) is 5.91 Å². The standard InChI is InChI=1S/C18H16ClN5O/c19-15-6-7-16-14(11-15)8-9-23(16)18(25)17(24-12-20-21-22-24)10-13-4-2-1-3-5-13/h1-7,11-12,17H,8-10H2/t17-/m1/s1. The molecule has 0 bridgehead atoms. The Morgan fingerprint density at radius 2 is 2.04 bits per heavy atom. The van der Waals surface area contributed by atoms with Gasteiger partial charge in [0.05, 0.1) is 0 Å². The number of anilines is 1. The summed E-state index contributed by atoms with van der Waals surface area (Å²) in [6, 6.07) is 15.0. The van der Waals surface area contributed by atoms with Crippen molar-refractivity contribution in [3.05, 3.63) is 71.0 Å². The van der Waals surface area contributed by atoms with Crippen LogP contribution in [0.2, 0.25) is 5.02 Å². The van der Waals surface area contributed by atoms with E-state index in [-0.39, 0.29) is 5.91 Å². The largest absolute Gasteiger partial charge is 0.310 e. The van der Waals surface area contributed by atoms with Crippen molar-refractivity contribution >= 4 is 23.2 Å². The summed E-state index contributed by atoms with van der Waals surface area (Å²) in [4.78, 5) is 15.1. The first-order valence-electron chi connectivity index (χ1n) is 8.08. The van der Waals surface area contributed by atoms with Gasteiger partial charge in [0.15, 0.2) is 0 Å². The van der Waals surface area contributed by atoms with Crippen LogP contribution in [0, 0.1) is 0 Å². The molecular formula is C18H16ClN5O. The molecule has 1 atom stereocenters. The Morgan fingerprint density at radius 3 is 2.80 bits per heavy atom. The lowest BCUT2D eigenvalue weighted by atomic mass is 10.0. The number of aromatic nitrogens is 4. The van der Waals surface area contributed by atoms with Gasteiger partial charge in [-0.25, -0.2) is 4.68 Å². The number of nitrogens with zero attached hydrogens (tertiary/aromatic N) is 5. The maximum Gasteiger partial charge on any atom is 0.252 e. The van der Waals surface area contributed by atoms with E-state index in [1.807, 2.05) is 48.5 Å². The average Bonchev–Trinajstić information content (AvgIpc) is 3.29. The molecule has 2 aromatic carbocycles. The van der Waals surface area contributed by atoms with E-state index < -0.39 is 6.04 Å². The van der Waals surface area contributed by atoms with Crippen molar-refractivity contribution in [2.45, 2.75) is 18.9 Å². The highest BCUT2D eigenvalue weighted by Gasteiger charge is 2.32. The average molecular weight is 354 g/mol. The van der Waals surface area contributed by atoms with Gasteiger partial charge < -0.3 is 4.90 Å². The fourth-order valence-corrected chi connectivity index (χ4v) is 3.42. The molecule has 126 valence electrons. The van der Waals surface area contributed by atoms with Crippen LogP contribution >= 0.6 is 11.6 Å². The Kier molecular flexibility index (Phi) is 4.19. The third-order valence-electron chi connectivity index (χ3n) is 4.44. The minimum absolute atomic E-state index is 0.0165. The molecule has 0 radical (unpaired) electrons. The number of rotatable bonds is 4. The second-order valence-electron chi connectivity index (χ2n) is 6.01. The Hall–Kier alpha value is -2.73. The number of fused-ring (bicyclic) bond motifs is 1. The van der Waals surface area contributed by atoms with Crippen molar-refractivity contribution in [3.8, 4) is 0 Å². The normalized spacial score (nSPS) is 14.4. The van der Waals surface area contributed by atoms with Crippen LogP contribution in [0.15, 0.2) is 54.9 Å². The predicted octanol–water partition coefficient (Wildman–Crippen LogP) is 2.70. The zero-order valence-corrected chi connectivity index (χ0v) is 14.2. The molecule has 6 nitrogen and oxygen atoms in total. The van der Waals surface area contributed by atoms with Crippen molar-refractivity contribution in [3.63, 3.8) is 0 Å². The Morgan fingerprint density at radius 1 is 1.20 bits per heavy atom. The van der Waals surface area contributed by atoms with Crippen LogP contribution in [-0.2, 0) is 17.6 Å². The van der Waals surface area contributed by atoms with E-state index in [1.165, 1.54) is 11.0 Å². The molecule has 0 aliphatic carbocycles. The van der Waals surface area contributed by atoms with Gasteiger partial charge in [-0.15, -0.1) is 5.10 Å². The van der Waals surface area contributed by atoms with Crippen LogP contribution in [0.1, 0.15) is 17.2 Å². The molecule has 0 spiro atoms. The number of amides is 1. The summed E-state index contributed by atoms with van der Waals surface area (Å²) in [7, 11) is 0. The first-order chi connectivity index (χ1) is 12.2. The second-order valence-corrected chi connectivity index (χ2v) is 6.44. The molecule has 7 heteroatoms. The lowest BCUT2D eigenvalue weighted by Crippen LogP contribution is -2.37. The lowest BCUT2D eigenvalue weighted by Gasteiger charge is -2.24. The molecule has 0 fully saturated rings. The van der Waals surface area contributed by atoms with Crippen LogP contribution < -0.4 is 4.90 Å². The van der Waals surface area contributed by atoms with Gasteiger partial charge in [0.2, 0.25) is 0 Å². The van der Waals surface area contributed by atoms with Crippen LogP contribution in [0.4, 0.5) is 5.69 Å². The lowest BCUT2D eigenvalue weighted by molar-refractivity contribution is -0.122. The number of hydrogen-bond donors (Lipinski definition) is 0. The number of hydrogen-bond acceptors (Lipinski definition) is 4. The third-order valence-corrected chi connectivity index (χ3v) is 4.68. The van der Waals surface area contributed by atoms with Crippen LogP contribution in [0.25, 0.3) is 0 Å². The molecule has 0 saturated carbocycles. The van der Waals surface area contributed by atoms with Gasteiger partial charge >= 0.3 is 0 Å². The number of tetrazole rings is 1. The molecule has 4 rings (SSSR count). The van der Waals surface area contributed by atoms with Gasteiger partial charge in [-0.05, 0) is 46.2 Å². The van der Waals surface area contributed by atoms with E-state index in [9.17, 15) is 4.79 Å². The molecule has 3 aromatic rings. The van der Waals surface area contributed by atoms with Gasteiger partial charge in [-0.3, -0.25) is 4.79 Å². The fourth-order valence-electron chi connectivity index (χ4n) is 3.22. The van der Waals surface area contributed by atoms with E-state index in [1.54, 1.807) is 4.90 Å². The summed E-state index contributed by atoms with van der Waals surface area (Å²) >= 11 is 6.07. The van der Waals surface area contributed by atoms with E-state index in [0.29, 0.717) is 18.0 Å². The van der Waals surface area contributed by atoms with E-state index >= 15 is 0 Å². The van der Waals surface area contributed by atoms with Crippen molar-refractivity contribution in [1.29, 1.82) is 0 Å². The molecule has 1 aliphatic rings. The molecule has 0 saturated heterocycles. The zero-order valence-electron chi connectivity index (χ0n) is 13.4.